The highest BCUT2D eigenvalue weighted by Gasteiger charge is 2.38. The molecule has 1 aliphatic heterocycles. The highest BCUT2D eigenvalue weighted by atomic mass is 16.5. The fourth-order valence-electron chi connectivity index (χ4n) is 2.70. The monoisotopic (exact) mass is 308 g/mol. The molecule has 1 amide bonds. The van der Waals surface area contributed by atoms with Gasteiger partial charge in [-0.15, -0.1) is 0 Å². The van der Waals surface area contributed by atoms with Crippen LogP contribution in [-0.2, 0) is 4.79 Å². The van der Waals surface area contributed by atoms with E-state index in [9.17, 15) is 9.90 Å². The van der Waals surface area contributed by atoms with Crippen LogP contribution in [0, 0.1) is 0 Å². The van der Waals surface area contributed by atoms with E-state index in [1.165, 1.54) is 0 Å². The van der Waals surface area contributed by atoms with Crippen LogP contribution in [0.1, 0.15) is 6.42 Å². The van der Waals surface area contributed by atoms with Crippen LogP contribution in [0.25, 0.3) is 0 Å². The summed E-state index contributed by atoms with van der Waals surface area (Å²) in [6.07, 6.45) is 0.597. The van der Waals surface area contributed by atoms with Crippen molar-refractivity contribution in [1.29, 1.82) is 0 Å². The summed E-state index contributed by atoms with van der Waals surface area (Å²) in [6.45, 7) is 1.45. The Morgan fingerprint density at radius 3 is 2.55 bits per heavy atom. The molecule has 1 heterocycles. The van der Waals surface area contributed by atoms with Crippen LogP contribution >= 0.6 is 0 Å². The lowest BCUT2D eigenvalue weighted by atomic mass is 10.0. The smallest absolute Gasteiger partial charge is 0.260 e. The van der Waals surface area contributed by atoms with E-state index in [-0.39, 0.29) is 12.5 Å². The molecule has 0 bridgehead atoms. The average Bonchev–Trinajstić information content (AvgIpc) is 2.86. The Morgan fingerprint density at radius 1 is 1.32 bits per heavy atom. The Labute approximate surface area is 131 Å². The predicted octanol–water partition coefficient (Wildman–Crippen LogP) is 0.599. The molecule has 1 atom stereocenters. The Hall–Kier alpha value is -1.79. The first kappa shape index (κ1) is 16.6. The molecule has 1 aromatic carbocycles. The van der Waals surface area contributed by atoms with Crippen molar-refractivity contribution in [3.8, 4) is 11.5 Å². The van der Waals surface area contributed by atoms with Crippen molar-refractivity contribution in [2.75, 3.05) is 47.4 Å². The number of aliphatic hydroxyl groups is 1. The van der Waals surface area contributed by atoms with Gasteiger partial charge in [0.15, 0.2) is 6.61 Å². The summed E-state index contributed by atoms with van der Waals surface area (Å²) in [5.41, 5.74) is -0.820. The van der Waals surface area contributed by atoms with Gasteiger partial charge in [-0.3, -0.25) is 4.79 Å². The largest absolute Gasteiger partial charge is 0.497 e. The van der Waals surface area contributed by atoms with Crippen LogP contribution in [0.3, 0.4) is 0 Å². The molecule has 1 aliphatic rings. The maximum absolute atomic E-state index is 12.2. The standard InChI is InChI=1S/C16H24N2O4/c1-17(2)11-16(20)8-9-18(12-16)15(19)10-22-14-6-4-13(21-3)5-7-14/h4-7,20H,8-12H2,1-3H3. The average molecular weight is 308 g/mol. The second kappa shape index (κ2) is 6.98. The zero-order valence-corrected chi connectivity index (χ0v) is 13.4. The Bertz CT molecular complexity index is 503. The molecule has 1 unspecified atom stereocenters. The first-order valence-electron chi connectivity index (χ1n) is 7.34. The van der Waals surface area contributed by atoms with E-state index in [0.29, 0.717) is 31.8 Å². The first-order chi connectivity index (χ1) is 10.4. The number of rotatable bonds is 6. The summed E-state index contributed by atoms with van der Waals surface area (Å²) in [4.78, 5) is 15.8. The molecule has 1 fully saturated rings. The number of hydrogen-bond acceptors (Lipinski definition) is 5. The van der Waals surface area contributed by atoms with E-state index in [1.54, 1.807) is 36.3 Å². The lowest BCUT2D eigenvalue weighted by Crippen LogP contribution is -2.44. The van der Waals surface area contributed by atoms with E-state index < -0.39 is 5.60 Å². The molecule has 0 radical (unpaired) electrons. The van der Waals surface area contributed by atoms with Crippen molar-refractivity contribution in [2.24, 2.45) is 0 Å². The van der Waals surface area contributed by atoms with Crippen molar-refractivity contribution in [1.82, 2.24) is 9.80 Å². The molecule has 0 saturated carbocycles. The lowest BCUT2D eigenvalue weighted by Gasteiger charge is -2.26. The molecule has 0 aliphatic carbocycles. The second-order valence-electron chi connectivity index (χ2n) is 5.99. The summed E-state index contributed by atoms with van der Waals surface area (Å²) < 4.78 is 10.6. The van der Waals surface area contributed by atoms with Crippen LogP contribution in [0.2, 0.25) is 0 Å². The van der Waals surface area contributed by atoms with Crippen LogP contribution in [-0.4, -0.2) is 73.9 Å². The van der Waals surface area contributed by atoms with E-state index in [0.717, 1.165) is 5.75 Å². The van der Waals surface area contributed by atoms with Gasteiger partial charge in [-0.25, -0.2) is 0 Å². The van der Waals surface area contributed by atoms with Crippen molar-refractivity contribution >= 4 is 5.91 Å². The maximum Gasteiger partial charge on any atom is 0.260 e. The molecule has 22 heavy (non-hydrogen) atoms. The van der Waals surface area contributed by atoms with E-state index in [1.807, 2.05) is 19.0 Å². The summed E-state index contributed by atoms with van der Waals surface area (Å²) in [5.74, 6) is 1.26. The number of likely N-dealkylation sites (tertiary alicyclic amines) is 1. The number of nitrogens with zero attached hydrogens (tertiary/aromatic N) is 2. The Morgan fingerprint density at radius 2 is 1.95 bits per heavy atom. The van der Waals surface area contributed by atoms with Crippen molar-refractivity contribution < 1.29 is 19.4 Å². The number of amides is 1. The van der Waals surface area contributed by atoms with Gasteiger partial charge in [-0.2, -0.15) is 0 Å². The quantitative estimate of drug-likeness (QED) is 0.834. The third kappa shape index (κ3) is 4.35. The van der Waals surface area contributed by atoms with Crippen molar-refractivity contribution in [2.45, 2.75) is 12.0 Å². The third-order valence-electron chi connectivity index (χ3n) is 3.72. The normalized spacial score (nSPS) is 21.2. The highest BCUT2D eigenvalue weighted by molar-refractivity contribution is 5.78. The SMILES string of the molecule is COc1ccc(OCC(=O)N2CCC(O)(CN(C)C)C2)cc1. The maximum atomic E-state index is 12.2. The van der Waals surface area contributed by atoms with Crippen LogP contribution in [0.15, 0.2) is 24.3 Å². The van der Waals surface area contributed by atoms with Gasteiger partial charge < -0.3 is 24.4 Å². The highest BCUT2D eigenvalue weighted by Crippen LogP contribution is 2.22. The van der Waals surface area contributed by atoms with E-state index in [4.69, 9.17) is 9.47 Å². The van der Waals surface area contributed by atoms with Gasteiger partial charge in [0.25, 0.3) is 5.91 Å². The molecule has 1 saturated heterocycles. The van der Waals surface area contributed by atoms with Crippen LogP contribution < -0.4 is 9.47 Å². The third-order valence-corrected chi connectivity index (χ3v) is 3.72. The molecular formula is C16H24N2O4. The van der Waals surface area contributed by atoms with Crippen molar-refractivity contribution in [3.63, 3.8) is 0 Å². The number of β-amino-alcohol motifs (C(OH)–C–C–N with tert-alkyl or cyclic N) is 1. The van der Waals surface area contributed by atoms with Gasteiger partial charge in [0.2, 0.25) is 0 Å². The Balaban J connectivity index is 1.82. The lowest BCUT2D eigenvalue weighted by molar-refractivity contribution is -0.133. The predicted molar refractivity (Wildman–Crippen MR) is 83.2 cm³/mol. The summed E-state index contributed by atoms with van der Waals surface area (Å²) >= 11 is 0. The van der Waals surface area contributed by atoms with E-state index >= 15 is 0 Å². The molecule has 6 nitrogen and oxygen atoms in total. The Kier molecular flexibility index (Phi) is 5.26. The minimum atomic E-state index is -0.820. The number of likely N-dealkylation sites (N-methyl/N-ethyl adjacent to an activating group) is 1. The van der Waals surface area contributed by atoms with Gasteiger partial charge in [0.05, 0.1) is 19.3 Å². The fourth-order valence-corrected chi connectivity index (χ4v) is 2.70. The zero-order valence-electron chi connectivity index (χ0n) is 13.4. The number of carbonyl (C=O) groups is 1. The topological polar surface area (TPSA) is 62.2 Å². The van der Waals surface area contributed by atoms with Crippen molar-refractivity contribution in [3.05, 3.63) is 24.3 Å². The number of carbonyl (C=O) groups excluding carboxylic acids is 1. The molecule has 1 aromatic rings. The summed E-state index contributed by atoms with van der Waals surface area (Å²) in [6, 6.07) is 7.09. The first-order valence-corrected chi connectivity index (χ1v) is 7.34. The fraction of sp³-hybridized carbons (Fsp3) is 0.562. The van der Waals surface area contributed by atoms with Crippen LogP contribution in [0.5, 0.6) is 11.5 Å². The molecular weight excluding hydrogens is 284 g/mol. The summed E-state index contributed by atoms with van der Waals surface area (Å²) in [5, 5.41) is 10.4. The molecule has 122 valence electrons. The van der Waals surface area contributed by atoms with Gasteiger partial charge in [-0.05, 0) is 44.8 Å². The molecule has 0 aromatic heterocycles. The second-order valence-corrected chi connectivity index (χ2v) is 5.99. The van der Waals surface area contributed by atoms with Crippen LogP contribution in [0.4, 0.5) is 0 Å². The number of hydrogen-bond donors (Lipinski definition) is 1. The number of ether oxygens (including phenoxy) is 2. The summed E-state index contributed by atoms with van der Waals surface area (Å²) in [7, 11) is 5.42. The minimum absolute atomic E-state index is 0.0234. The van der Waals surface area contributed by atoms with E-state index in [2.05, 4.69) is 0 Å². The van der Waals surface area contributed by atoms with Gasteiger partial charge in [0, 0.05) is 13.1 Å². The molecule has 2 rings (SSSR count). The van der Waals surface area contributed by atoms with Gasteiger partial charge in [0.1, 0.15) is 11.5 Å². The molecule has 1 N–H and O–H groups in total. The van der Waals surface area contributed by atoms with Gasteiger partial charge >= 0.3 is 0 Å². The molecule has 6 heteroatoms. The number of methoxy groups -OCH3 is 1. The zero-order chi connectivity index (χ0) is 16.2. The molecule has 0 spiro atoms. The van der Waals surface area contributed by atoms with Gasteiger partial charge in [-0.1, -0.05) is 0 Å². The number of benzene rings is 1. The minimum Gasteiger partial charge on any atom is -0.497 e.